The van der Waals surface area contributed by atoms with Gasteiger partial charge in [-0.1, -0.05) is 25.0 Å². The number of hydrogen-bond donors (Lipinski definition) is 2. The monoisotopic (exact) mass is 348 g/mol. The van der Waals surface area contributed by atoms with Crippen molar-refractivity contribution in [3.8, 4) is 0 Å². The van der Waals surface area contributed by atoms with E-state index < -0.39 is 0 Å². The van der Waals surface area contributed by atoms with Crippen LogP contribution in [-0.4, -0.2) is 28.5 Å². The second kappa shape index (κ2) is 7.53. The van der Waals surface area contributed by atoms with Gasteiger partial charge in [0.2, 0.25) is 11.9 Å². The van der Waals surface area contributed by atoms with E-state index in [1.54, 1.807) is 0 Å². The van der Waals surface area contributed by atoms with Crippen LogP contribution in [0, 0.1) is 5.92 Å². The molecule has 130 valence electrons. The first-order valence-corrected chi connectivity index (χ1v) is 8.79. The Balaban J connectivity index is 0.00000169. The molecule has 2 aliphatic rings. The maximum absolute atomic E-state index is 12.2. The number of nitrogens with one attached hydrogen (secondary N) is 2. The van der Waals surface area contributed by atoms with Crippen molar-refractivity contribution in [2.75, 3.05) is 18.4 Å². The molecular weight excluding hydrogens is 324 g/mol. The van der Waals surface area contributed by atoms with E-state index in [0.29, 0.717) is 18.5 Å². The first-order valence-electron chi connectivity index (χ1n) is 8.79. The highest BCUT2D eigenvalue weighted by Gasteiger charge is 2.24. The average molecular weight is 349 g/mol. The first-order chi connectivity index (χ1) is 11.3. The van der Waals surface area contributed by atoms with Crippen molar-refractivity contribution in [3.63, 3.8) is 0 Å². The van der Waals surface area contributed by atoms with Gasteiger partial charge in [0.15, 0.2) is 0 Å². The standard InChI is InChI=1S/C18H24N4O.ClH/c23-17(12-19-11-13-9-10-13)21-18-20-15-7-3-4-8-16(15)22(18)14-5-1-2-6-14;/h3-4,7-8,13-14,19H,1-2,5-6,9-12H2,(H,20,21,23);1H. The van der Waals surface area contributed by atoms with Gasteiger partial charge in [-0.3, -0.25) is 10.1 Å². The summed E-state index contributed by atoms with van der Waals surface area (Å²) < 4.78 is 2.24. The van der Waals surface area contributed by atoms with E-state index in [0.717, 1.165) is 23.5 Å². The molecule has 1 aromatic carbocycles. The molecule has 0 unspecified atom stereocenters. The third-order valence-corrected chi connectivity index (χ3v) is 4.95. The summed E-state index contributed by atoms with van der Waals surface area (Å²) in [6.07, 6.45) is 7.45. The van der Waals surface area contributed by atoms with Crippen molar-refractivity contribution < 1.29 is 4.79 Å². The normalized spacial score (nSPS) is 17.8. The van der Waals surface area contributed by atoms with Crippen molar-refractivity contribution in [3.05, 3.63) is 24.3 Å². The Morgan fingerprint density at radius 3 is 2.67 bits per heavy atom. The van der Waals surface area contributed by atoms with E-state index in [9.17, 15) is 4.79 Å². The van der Waals surface area contributed by atoms with Crippen molar-refractivity contribution in [1.82, 2.24) is 14.9 Å². The Hall–Kier alpha value is -1.59. The minimum absolute atomic E-state index is 0. The summed E-state index contributed by atoms with van der Waals surface area (Å²) in [7, 11) is 0. The summed E-state index contributed by atoms with van der Waals surface area (Å²) in [5, 5.41) is 6.26. The smallest absolute Gasteiger partial charge is 0.240 e. The van der Waals surface area contributed by atoms with Crippen LogP contribution >= 0.6 is 12.4 Å². The molecule has 2 aliphatic carbocycles. The molecule has 24 heavy (non-hydrogen) atoms. The summed E-state index contributed by atoms with van der Waals surface area (Å²) in [6, 6.07) is 8.61. The zero-order chi connectivity index (χ0) is 15.6. The Bertz CT molecular complexity index is 704. The Labute approximate surface area is 148 Å². The van der Waals surface area contributed by atoms with E-state index in [-0.39, 0.29) is 18.3 Å². The number of amides is 1. The molecule has 2 saturated carbocycles. The maximum Gasteiger partial charge on any atom is 0.240 e. The fourth-order valence-corrected chi connectivity index (χ4v) is 3.55. The van der Waals surface area contributed by atoms with Gasteiger partial charge in [0.1, 0.15) is 0 Å². The molecule has 1 aromatic heterocycles. The number of benzene rings is 1. The molecule has 4 rings (SSSR count). The van der Waals surface area contributed by atoms with Crippen molar-refractivity contribution >= 4 is 35.3 Å². The predicted octanol–water partition coefficient (Wildman–Crippen LogP) is 3.51. The third-order valence-electron chi connectivity index (χ3n) is 4.95. The lowest BCUT2D eigenvalue weighted by Crippen LogP contribution is -2.30. The third kappa shape index (κ3) is 3.73. The topological polar surface area (TPSA) is 59.0 Å². The van der Waals surface area contributed by atoms with Crippen LogP contribution in [-0.2, 0) is 4.79 Å². The molecule has 6 heteroatoms. The Morgan fingerprint density at radius 1 is 1.17 bits per heavy atom. The number of fused-ring (bicyclic) bond motifs is 1. The van der Waals surface area contributed by atoms with Gasteiger partial charge in [-0.05, 0) is 50.3 Å². The fourth-order valence-electron chi connectivity index (χ4n) is 3.55. The number of para-hydroxylation sites is 2. The summed E-state index contributed by atoms with van der Waals surface area (Å²) >= 11 is 0. The van der Waals surface area contributed by atoms with Gasteiger partial charge in [-0.2, -0.15) is 0 Å². The fraction of sp³-hybridized carbons (Fsp3) is 0.556. The zero-order valence-electron chi connectivity index (χ0n) is 13.8. The van der Waals surface area contributed by atoms with Crippen LogP contribution in [0.3, 0.4) is 0 Å². The lowest BCUT2D eigenvalue weighted by atomic mass is 10.2. The van der Waals surface area contributed by atoms with Gasteiger partial charge >= 0.3 is 0 Å². The van der Waals surface area contributed by atoms with Gasteiger partial charge in [0, 0.05) is 6.04 Å². The van der Waals surface area contributed by atoms with Gasteiger partial charge in [0.25, 0.3) is 0 Å². The number of anilines is 1. The average Bonchev–Trinajstić information content (AvgIpc) is 3.08. The van der Waals surface area contributed by atoms with Crippen LogP contribution in [0.2, 0.25) is 0 Å². The highest BCUT2D eigenvalue weighted by molar-refractivity contribution is 5.92. The molecule has 0 spiro atoms. The van der Waals surface area contributed by atoms with Crippen molar-refractivity contribution in [2.45, 2.75) is 44.6 Å². The molecule has 5 nitrogen and oxygen atoms in total. The predicted molar refractivity (Wildman–Crippen MR) is 98.7 cm³/mol. The summed E-state index contributed by atoms with van der Waals surface area (Å²) in [5.41, 5.74) is 2.08. The van der Waals surface area contributed by atoms with Crippen LogP contribution in [0.1, 0.15) is 44.6 Å². The van der Waals surface area contributed by atoms with Gasteiger partial charge in [0.05, 0.1) is 17.6 Å². The van der Waals surface area contributed by atoms with Crippen LogP contribution in [0.5, 0.6) is 0 Å². The van der Waals surface area contributed by atoms with Crippen LogP contribution < -0.4 is 10.6 Å². The van der Waals surface area contributed by atoms with Gasteiger partial charge in [-0.25, -0.2) is 4.98 Å². The summed E-state index contributed by atoms with van der Waals surface area (Å²) in [4.78, 5) is 16.9. The van der Waals surface area contributed by atoms with Crippen LogP contribution in [0.15, 0.2) is 24.3 Å². The minimum Gasteiger partial charge on any atom is -0.308 e. The molecule has 0 saturated heterocycles. The Kier molecular flexibility index (Phi) is 5.41. The van der Waals surface area contributed by atoms with Crippen LogP contribution in [0.25, 0.3) is 11.0 Å². The van der Waals surface area contributed by atoms with Gasteiger partial charge in [-0.15, -0.1) is 12.4 Å². The minimum atomic E-state index is 0. The quantitative estimate of drug-likeness (QED) is 0.839. The number of carbonyl (C=O) groups excluding carboxylic acids is 1. The van der Waals surface area contributed by atoms with Crippen LogP contribution in [0.4, 0.5) is 5.95 Å². The Morgan fingerprint density at radius 2 is 1.92 bits per heavy atom. The molecule has 1 amide bonds. The molecule has 0 atom stereocenters. The number of aromatic nitrogens is 2. The first kappa shape index (κ1) is 17.2. The van der Waals surface area contributed by atoms with E-state index in [1.807, 2.05) is 18.2 Å². The largest absolute Gasteiger partial charge is 0.308 e. The lowest BCUT2D eigenvalue weighted by molar-refractivity contribution is -0.115. The van der Waals surface area contributed by atoms with E-state index in [1.165, 1.54) is 38.5 Å². The van der Waals surface area contributed by atoms with Crippen molar-refractivity contribution in [1.29, 1.82) is 0 Å². The summed E-state index contributed by atoms with van der Waals surface area (Å²) in [5.74, 6) is 1.49. The molecule has 0 radical (unpaired) electrons. The summed E-state index contributed by atoms with van der Waals surface area (Å²) in [6.45, 7) is 1.32. The SMILES string of the molecule is Cl.O=C(CNCC1CC1)Nc1nc2ccccc2n1C1CCCC1. The van der Waals surface area contributed by atoms with E-state index >= 15 is 0 Å². The second-order valence-electron chi connectivity index (χ2n) is 6.85. The zero-order valence-corrected chi connectivity index (χ0v) is 14.6. The number of halogens is 1. The second-order valence-corrected chi connectivity index (χ2v) is 6.85. The van der Waals surface area contributed by atoms with Gasteiger partial charge < -0.3 is 9.88 Å². The number of imidazole rings is 1. The lowest BCUT2D eigenvalue weighted by Gasteiger charge is -2.16. The molecule has 0 bridgehead atoms. The molecule has 2 aromatic rings. The number of carbonyl (C=O) groups is 1. The molecular formula is C18H25ClN4O. The molecule has 2 N–H and O–H groups in total. The number of rotatable bonds is 6. The molecule has 1 heterocycles. The number of hydrogen-bond acceptors (Lipinski definition) is 3. The highest BCUT2D eigenvalue weighted by atomic mass is 35.5. The molecule has 0 aliphatic heterocycles. The molecule has 2 fully saturated rings. The number of nitrogens with zero attached hydrogens (tertiary/aromatic N) is 2. The maximum atomic E-state index is 12.2. The van der Waals surface area contributed by atoms with Crippen molar-refractivity contribution in [2.24, 2.45) is 5.92 Å². The highest BCUT2D eigenvalue weighted by Crippen LogP contribution is 2.35. The van der Waals surface area contributed by atoms with E-state index in [4.69, 9.17) is 0 Å². The van der Waals surface area contributed by atoms with E-state index in [2.05, 4.69) is 26.3 Å².